The van der Waals surface area contributed by atoms with Gasteiger partial charge in [-0.2, -0.15) is 5.26 Å². The zero-order valence-electron chi connectivity index (χ0n) is 22.3. The van der Waals surface area contributed by atoms with Crippen LogP contribution in [0.25, 0.3) is 10.9 Å². The molecule has 40 heavy (non-hydrogen) atoms. The van der Waals surface area contributed by atoms with Crippen molar-refractivity contribution in [2.75, 3.05) is 18.4 Å². The molecule has 1 aromatic carbocycles. The number of rotatable bonds is 6. The second-order valence-electron chi connectivity index (χ2n) is 10.7. The zero-order chi connectivity index (χ0) is 28.6. The highest BCUT2D eigenvalue weighted by molar-refractivity contribution is 6.31. The minimum Gasteiger partial charge on any atom is -0.348 e. The van der Waals surface area contributed by atoms with Gasteiger partial charge in [0.05, 0.1) is 27.8 Å². The Morgan fingerprint density at radius 2 is 1.98 bits per heavy atom. The lowest BCUT2D eigenvalue weighted by Gasteiger charge is -2.33. The van der Waals surface area contributed by atoms with Gasteiger partial charge in [0, 0.05) is 37.3 Å². The number of hydrogen-bond donors (Lipinski definition) is 2. The van der Waals surface area contributed by atoms with Crippen molar-refractivity contribution >= 4 is 40.1 Å². The van der Waals surface area contributed by atoms with Gasteiger partial charge in [0.2, 0.25) is 0 Å². The summed E-state index contributed by atoms with van der Waals surface area (Å²) in [6.45, 7) is 4.99. The van der Waals surface area contributed by atoms with Crippen molar-refractivity contribution in [3.63, 3.8) is 0 Å². The van der Waals surface area contributed by atoms with E-state index in [4.69, 9.17) is 16.9 Å². The number of nitriles is 1. The van der Waals surface area contributed by atoms with Crippen LogP contribution >= 0.6 is 11.6 Å². The van der Waals surface area contributed by atoms with Crippen LogP contribution in [0.15, 0.2) is 40.1 Å². The molecule has 1 saturated carbocycles. The molecule has 3 amide bonds. The van der Waals surface area contributed by atoms with E-state index in [9.17, 15) is 19.2 Å². The highest BCUT2D eigenvalue weighted by atomic mass is 35.5. The molecule has 11 nitrogen and oxygen atoms in total. The smallest absolute Gasteiger partial charge is 0.331 e. The Morgan fingerprint density at radius 3 is 2.65 bits per heavy atom. The number of aromatic nitrogens is 3. The standard InChI is InChI=1S/C28H30ClN7O4/c1-16(2)36-24-8-7-18(10-21(24)26(38)35(28(36)40)14-17-5-6-17)25(37)32-19-4-3-9-34(15-19)27(39)33-20-11-22(29)23(12-30)31-13-20/h7-8,10-11,13,16-17,19H,3-6,9,14-15H2,1-2H3,(H,32,37)(H,33,39). The first kappa shape index (κ1) is 27.4. The Kier molecular flexibility index (Phi) is 7.63. The van der Waals surface area contributed by atoms with Gasteiger partial charge in [-0.1, -0.05) is 11.6 Å². The molecule has 2 fully saturated rings. The van der Waals surface area contributed by atoms with E-state index >= 15 is 0 Å². The Labute approximate surface area is 235 Å². The minimum atomic E-state index is -0.378. The van der Waals surface area contributed by atoms with Crippen molar-refractivity contribution in [2.45, 2.75) is 58.2 Å². The summed E-state index contributed by atoms with van der Waals surface area (Å²) in [5.41, 5.74) is 0.558. The Morgan fingerprint density at radius 1 is 1.20 bits per heavy atom. The number of nitrogens with zero attached hydrogens (tertiary/aromatic N) is 5. The molecule has 0 bridgehead atoms. The van der Waals surface area contributed by atoms with E-state index in [1.165, 1.54) is 16.8 Å². The number of piperidine rings is 1. The molecule has 208 valence electrons. The monoisotopic (exact) mass is 563 g/mol. The van der Waals surface area contributed by atoms with Crippen molar-refractivity contribution in [1.29, 1.82) is 5.26 Å². The number of likely N-dealkylation sites (tertiary alicyclic amines) is 1. The molecule has 0 spiro atoms. The zero-order valence-corrected chi connectivity index (χ0v) is 23.1. The van der Waals surface area contributed by atoms with Crippen molar-refractivity contribution in [1.82, 2.24) is 24.3 Å². The third kappa shape index (κ3) is 5.58. The Balaban J connectivity index is 1.32. The summed E-state index contributed by atoms with van der Waals surface area (Å²) >= 11 is 6.01. The van der Waals surface area contributed by atoms with Gasteiger partial charge in [-0.15, -0.1) is 0 Å². The second kappa shape index (κ2) is 11.1. The molecule has 2 N–H and O–H groups in total. The van der Waals surface area contributed by atoms with E-state index < -0.39 is 0 Å². The summed E-state index contributed by atoms with van der Waals surface area (Å²) in [5.74, 6) is -0.0146. The Hall–Kier alpha value is -4.17. The highest BCUT2D eigenvalue weighted by Crippen LogP contribution is 2.30. The minimum absolute atomic E-state index is 0.0726. The van der Waals surface area contributed by atoms with Crippen LogP contribution in [0.3, 0.4) is 0 Å². The number of carbonyl (C=O) groups excluding carboxylic acids is 2. The largest absolute Gasteiger partial charge is 0.348 e. The lowest BCUT2D eigenvalue weighted by molar-refractivity contribution is 0.0913. The highest BCUT2D eigenvalue weighted by Gasteiger charge is 2.27. The number of urea groups is 1. The second-order valence-corrected chi connectivity index (χ2v) is 11.1. The lowest BCUT2D eigenvalue weighted by atomic mass is 10.0. The maximum absolute atomic E-state index is 13.3. The number of carbonyl (C=O) groups is 2. The van der Waals surface area contributed by atoms with Crippen molar-refractivity contribution in [3.05, 3.63) is 67.6 Å². The fourth-order valence-corrected chi connectivity index (χ4v) is 5.29. The first-order valence-corrected chi connectivity index (χ1v) is 13.8. The van der Waals surface area contributed by atoms with Crippen LogP contribution in [0.2, 0.25) is 5.02 Å². The van der Waals surface area contributed by atoms with Crippen LogP contribution in [0.4, 0.5) is 10.5 Å². The summed E-state index contributed by atoms with van der Waals surface area (Å²) in [4.78, 5) is 58.0. The van der Waals surface area contributed by atoms with E-state index in [2.05, 4.69) is 15.6 Å². The number of halogens is 1. The molecule has 2 aromatic heterocycles. The maximum Gasteiger partial charge on any atom is 0.331 e. The molecule has 1 saturated heterocycles. The fourth-order valence-electron chi connectivity index (χ4n) is 5.08. The number of pyridine rings is 1. The van der Waals surface area contributed by atoms with E-state index in [0.29, 0.717) is 60.5 Å². The van der Waals surface area contributed by atoms with E-state index in [0.717, 1.165) is 12.8 Å². The fraction of sp³-hybridized carbons (Fsp3) is 0.429. The molecule has 2 aliphatic rings. The summed E-state index contributed by atoms with van der Waals surface area (Å²) in [6.07, 6.45) is 4.75. The normalized spacial score (nSPS) is 17.1. The maximum atomic E-state index is 13.3. The summed E-state index contributed by atoms with van der Waals surface area (Å²) in [6, 6.07) is 7.36. The average molecular weight is 564 g/mol. The predicted octanol–water partition coefficient (Wildman–Crippen LogP) is 3.50. The number of fused-ring (bicyclic) bond motifs is 1. The quantitative estimate of drug-likeness (QED) is 0.470. The van der Waals surface area contributed by atoms with Crippen LogP contribution in [0.1, 0.15) is 61.6 Å². The number of anilines is 1. The van der Waals surface area contributed by atoms with E-state index in [1.807, 2.05) is 19.9 Å². The molecule has 0 radical (unpaired) electrons. The first-order chi connectivity index (χ1) is 19.2. The van der Waals surface area contributed by atoms with Gasteiger partial charge < -0.3 is 15.5 Å². The molecule has 1 aliphatic heterocycles. The predicted molar refractivity (Wildman–Crippen MR) is 151 cm³/mol. The topological polar surface area (TPSA) is 142 Å². The summed E-state index contributed by atoms with van der Waals surface area (Å²) < 4.78 is 2.91. The molecule has 1 atom stereocenters. The number of benzene rings is 1. The average Bonchev–Trinajstić information content (AvgIpc) is 3.75. The summed E-state index contributed by atoms with van der Waals surface area (Å²) in [5, 5.41) is 15.2. The number of amides is 3. The van der Waals surface area contributed by atoms with Gasteiger partial charge >= 0.3 is 11.7 Å². The molecule has 1 unspecified atom stereocenters. The number of nitrogens with one attached hydrogen (secondary N) is 2. The molecule has 3 heterocycles. The van der Waals surface area contributed by atoms with E-state index in [-0.39, 0.29) is 46.0 Å². The van der Waals surface area contributed by atoms with Crippen molar-refractivity contribution < 1.29 is 9.59 Å². The molecular formula is C28H30ClN7O4. The van der Waals surface area contributed by atoms with Gasteiger partial charge in [0.1, 0.15) is 6.07 Å². The van der Waals surface area contributed by atoms with Crippen LogP contribution < -0.4 is 21.9 Å². The van der Waals surface area contributed by atoms with Gasteiger partial charge in [-0.25, -0.2) is 14.6 Å². The molecular weight excluding hydrogens is 534 g/mol. The van der Waals surface area contributed by atoms with E-state index in [1.54, 1.807) is 27.7 Å². The summed E-state index contributed by atoms with van der Waals surface area (Å²) in [7, 11) is 0. The van der Waals surface area contributed by atoms with Gasteiger partial charge in [0.25, 0.3) is 11.5 Å². The first-order valence-electron chi connectivity index (χ1n) is 13.4. The Bertz CT molecular complexity index is 1650. The molecule has 1 aliphatic carbocycles. The van der Waals surface area contributed by atoms with Gasteiger partial charge in [0.15, 0.2) is 5.69 Å². The molecule has 5 rings (SSSR count). The molecule has 3 aromatic rings. The van der Waals surface area contributed by atoms with Gasteiger partial charge in [-0.05, 0) is 69.7 Å². The van der Waals surface area contributed by atoms with Crippen molar-refractivity contribution in [2.24, 2.45) is 5.92 Å². The number of hydrogen-bond acceptors (Lipinski definition) is 6. The van der Waals surface area contributed by atoms with Crippen LogP contribution in [-0.4, -0.2) is 50.1 Å². The van der Waals surface area contributed by atoms with Crippen LogP contribution in [0.5, 0.6) is 0 Å². The van der Waals surface area contributed by atoms with Gasteiger partial charge in [-0.3, -0.25) is 18.7 Å². The lowest BCUT2D eigenvalue weighted by Crippen LogP contribution is -2.50. The SMILES string of the molecule is CC(C)n1c(=O)n(CC2CC2)c(=O)c2cc(C(=O)NC3CCCN(C(=O)Nc4cnc(C#N)c(Cl)c4)C3)ccc21. The third-order valence-electron chi connectivity index (χ3n) is 7.33. The van der Waals surface area contributed by atoms with Crippen LogP contribution in [-0.2, 0) is 6.54 Å². The third-order valence-corrected chi connectivity index (χ3v) is 7.62. The van der Waals surface area contributed by atoms with Crippen LogP contribution in [0, 0.1) is 17.2 Å². The molecule has 12 heteroatoms. The van der Waals surface area contributed by atoms with Crippen molar-refractivity contribution in [3.8, 4) is 6.07 Å².